The molecule has 9 heteroatoms. The first kappa shape index (κ1) is 24.8. The van der Waals surface area contributed by atoms with Gasteiger partial charge in [-0.3, -0.25) is 19.3 Å². The Morgan fingerprint density at radius 1 is 1.00 bits per heavy atom. The van der Waals surface area contributed by atoms with Crippen molar-refractivity contribution in [3.63, 3.8) is 0 Å². The monoisotopic (exact) mass is 467 g/mol. The van der Waals surface area contributed by atoms with E-state index in [1.165, 1.54) is 26.0 Å². The molecule has 0 radical (unpaired) electrons. The standard InChI is InChI=1S/C25H29N3O6/c1-5-34-14-6-13-28-24(30)22(17-7-9-18(10-8-17)26-16(2)29)23(25(28)31)27-20-15-19(32-3)11-12-21(20)33-4/h7-12,15,27H,5-6,13-14H2,1-4H3,(H,26,29). The molecular weight excluding hydrogens is 438 g/mol. The van der Waals surface area contributed by atoms with Crippen LogP contribution in [0.25, 0.3) is 5.57 Å². The Hall–Kier alpha value is -3.85. The van der Waals surface area contributed by atoms with E-state index < -0.39 is 11.8 Å². The summed E-state index contributed by atoms with van der Waals surface area (Å²) in [5, 5.41) is 5.80. The molecule has 0 bridgehead atoms. The fourth-order valence-electron chi connectivity index (χ4n) is 3.60. The summed E-state index contributed by atoms with van der Waals surface area (Å²) >= 11 is 0. The summed E-state index contributed by atoms with van der Waals surface area (Å²) < 4.78 is 16.1. The van der Waals surface area contributed by atoms with Crippen molar-refractivity contribution in [1.82, 2.24) is 4.90 Å². The molecule has 1 heterocycles. The molecule has 34 heavy (non-hydrogen) atoms. The summed E-state index contributed by atoms with van der Waals surface area (Å²) in [5.41, 5.74) is 2.00. The van der Waals surface area contributed by atoms with Crippen LogP contribution in [0.4, 0.5) is 11.4 Å². The average molecular weight is 468 g/mol. The number of amides is 3. The lowest BCUT2D eigenvalue weighted by Crippen LogP contribution is -2.34. The number of nitrogens with zero attached hydrogens (tertiary/aromatic N) is 1. The SMILES string of the molecule is CCOCCCN1C(=O)C(Nc2cc(OC)ccc2OC)=C(c2ccc(NC(C)=O)cc2)C1=O. The molecule has 0 fully saturated rings. The van der Waals surface area contributed by atoms with Crippen molar-refractivity contribution in [2.75, 3.05) is 44.6 Å². The van der Waals surface area contributed by atoms with E-state index >= 15 is 0 Å². The Morgan fingerprint density at radius 3 is 2.35 bits per heavy atom. The zero-order valence-electron chi connectivity index (χ0n) is 19.8. The molecule has 0 aliphatic carbocycles. The third-order valence-corrected chi connectivity index (χ3v) is 5.20. The van der Waals surface area contributed by atoms with Gasteiger partial charge >= 0.3 is 0 Å². The van der Waals surface area contributed by atoms with Gasteiger partial charge in [-0.15, -0.1) is 0 Å². The predicted molar refractivity (Wildman–Crippen MR) is 129 cm³/mol. The van der Waals surface area contributed by atoms with Gasteiger partial charge in [-0.2, -0.15) is 0 Å². The molecule has 3 amide bonds. The van der Waals surface area contributed by atoms with Gasteiger partial charge in [-0.05, 0) is 43.2 Å². The number of methoxy groups -OCH3 is 2. The number of rotatable bonds is 11. The van der Waals surface area contributed by atoms with E-state index in [4.69, 9.17) is 14.2 Å². The van der Waals surface area contributed by atoms with Crippen molar-refractivity contribution in [3.05, 3.63) is 53.7 Å². The molecule has 2 aromatic rings. The number of hydrogen-bond acceptors (Lipinski definition) is 7. The normalized spacial score (nSPS) is 13.4. The van der Waals surface area contributed by atoms with Gasteiger partial charge in [-0.25, -0.2) is 0 Å². The Kier molecular flexibility index (Phi) is 8.26. The van der Waals surface area contributed by atoms with Crippen LogP contribution < -0.4 is 20.1 Å². The van der Waals surface area contributed by atoms with Gasteiger partial charge in [0.15, 0.2) is 0 Å². The summed E-state index contributed by atoms with van der Waals surface area (Å²) in [6.45, 7) is 4.54. The summed E-state index contributed by atoms with van der Waals surface area (Å²) in [7, 11) is 3.06. The zero-order valence-corrected chi connectivity index (χ0v) is 19.8. The fourth-order valence-corrected chi connectivity index (χ4v) is 3.60. The second-order valence-electron chi connectivity index (χ2n) is 7.51. The summed E-state index contributed by atoms with van der Waals surface area (Å²) in [6.07, 6.45) is 0.524. The van der Waals surface area contributed by atoms with Gasteiger partial charge in [0.05, 0.1) is 25.5 Å². The summed E-state index contributed by atoms with van der Waals surface area (Å²) in [6, 6.07) is 11.9. The van der Waals surface area contributed by atoms with Crippen LogP contribution >= 0.6 is 0 Å². The molecule has 0 saturated heterocycles. The first-order valence-electron chi connectivity index (χ1n) is 10.9. The largest absolute Gasteiger partial charge is 0.497 e. The van der Waals surface area contributed by atoms with Crippen molar-refractivity contribution >= 4 is 34.7 Å². The van der Waals surface area contributed by atoms with E-state index in [2.05, 4.69) is 10.6 Å². The van der Waals surface area contributed by atoms with Gasteiger partial charge in [0.25, 0.3) is 11.8 Å². The van der Waals surface area contributed by atoms with E-state index in [1.54, 1.807) is 42.5 Å². The first-order chi connectivity index (χ1) is 16.4. The van der Waals surface area contributed by atoms with Crippen LogP contribution in [0.3, 0.4) is 0 Å². The van der Waals surface area contributed by atoms with Gasteiger partial charge in [0.1, 0.15) is 17.2 Å². The van der Waals surface area contributed by atoms with E-state index in [1.807, 2.05) is 6.92 Å². The van der Waals surface area contributed by atoms with Crippen LogP contribution in [0.15, 0.2) is 48.2 Å². The smallest absolute Gasteiger partial charge is 0.278 e. The Labute approximate surface area is 198 Å². The molecule has 9 nitrogen and oxygen atoms in total. The second kappa shape index (κ2) is 11.3. The molecule has 0 spiro atoms. The van der Waals surface area contributed by atoms with E-state index in [-0.39, 0.29) is 23.7 Å². The molecule has 2 aromatic carbocycles. The maximum absolute atomic E-state index is 13.4. The van der Waals surface area contributed by atoms with Crippen LogP contribution in [0, 0.1) is 0 Å². The lowest BCUT2D eigenvalue weighted by molar-refractivity contribution is -0.137. The number of benzene rings is 2. The highest BCUT2D eigenvalue weighted by molar-refractivity contribution is 6.36. The van der Waals surface area contributed by atoms with Crippen LogP contribution in [0.1, 0.15) is 25.8 Å². The molecule has 0 atom stereocenters. The van der Waals surface area contributed by atoms with E-state index in [9.17, 15) is 14.4 Å². The minimum absolute atomic E-state index is 0.139. The lowest BCUT2D eigenvalue weighted by Gasteiger charge is -2.16. The molecule has 0 saturated carbocycles. The highest BCUT2D eigenvalue weighted by Gasteiger charge is 2.39. The molecule has 3 rings (SSSR count). The van der Waals surface area contributed by atoms with Crippen molar-refractivity contribution in [3.8, 4) is 11.5 Å². The van der Waals surface area contributed by atoms with Crippen LogP contribution in [0.2, 0.25) is 0 Å². The third-order valence-electron chi connectivity index (χ3n) is 5.20. The number of carbonyl (C=O) groups excluding carboxylic acids is 3. The molecule has 1 aliphatic rings. The van der Waals surface area contributed by atoms with Crippen molar-refractivity contribution in [1.29, 1.82) is 0 Å². The van der Waals surface area contributed by atoms with Crippen LogP contribution in [0.5, 0.6) is 11.5 Å². The van der Waals surface area contributed by atoms with Crippen molar-refractivity contribution in [2.45, 2.75) is 20.3 Å². The number of anilines is 2. The lowest BCUT2D eigenvalue weighted by atomic mass is 10.0. The maximum atomic E-state index is 13.4. The van der Waals surface area contributed by atoms with E-state index in [0.717, 1.165) is 0 Å². The number of imide groups is 1. The number of nitrogens with one attached hydrogen (secondary N) is 2. The third kappa shape index (κ3) is 5.55. The Morgan fingerprint density at radius 2 is 1.74 bits per heavy atom. The van der Waals surface area contributed by atoms with Gasteiger partial charge in [0.2, 0.25) is 5.91 Å². The number of carbonyl (C=O) groups is 3. The Balaban J connectivity index is 2.00. The minimum atomic E-state index is -0.438. The van der Waals surface area contributed by atoms with Crippen molar-refractivity contribution in [2.24, 2.45) is 0 Å². The molecule has 0 aromatic heterocycles. The van der Waals surface area contributed by atoms with Gasteiger partial charge in [-0.1, -0.05) is 12.1 Å². The molecular formula is C25H29N3O6. The van der Waals surface area contributed by atoms with E-state index in [0.29, 0.717) is 48.1 Å². The van der Waals surface area contributed by atoms with Crippen LogP contribution in [-0.4, -0.2) is 56.6 Å². The minimum Gasteiger partial charge on any atom is -0.497 e. The average Bonchev–Trinajstić information content (AvgIpc) is 3.06. The first-order valence-corrected chi connectivity index (χ1v) is 10.9. The van der Waals surface area contributed by atoms with Crippen LogP contribution in [-0.2, 0) is 19.1 Å². The molecule has 180 valence electrons. The number of ether oxygens (including phenoxy) is 3. The van der Waals surface area contributed by atoms with Gasteiger partial charge < -0.3 is 24.8 Å². The topological polar surface area (TPSA) is 106 Å². The highest BCUT2D eigenvalue weighted by Crippen LogP contribution is 2.35. The molecule has 2 N–H and O–H groups in total. The highest BCUT2D eigenvalue weighted by atomic mass is 16.5. The van der Waals surface area contributed by atoms with Crippen molar-refractivity contribution < 1.29 is 28.6 Å². The summed E-state index contributed by atoms with van der Waals surface area (Å²) in [5.74, 6) is 0.0108. The molecule has 0 unspecified atom stereocenters. The van der Waals surface area contributed by atoms with Gasteiger partial charge in [0, 0.05) is 38.4 Å². The molecule has 1 aliphatic heterocycles. The quantitative estimate of drug-likeness (QED) is 0.386. The zero-order chi connectivity index (χ0) is 24.7. The Bertz CT molecular complexity index is 1090. The summed E-state index contributed by atoms with van der Waals surface area (Å²) in [4.78, 5) is 39.3. The second-order valence-corrected chi connectivity index (χ2v) is 7.51. The maximum Gasteiger partial charge on any atom is 0.278 e. The predicted octanol–water partition coefficient (Wildman–Crippen LogP) is 3.28. The fraction of sp³-hybridized carbons (Fsp3) is 0.320. The number of hydrogen-bond donors (Lipinski definition) is 2.